The number of rotatable bonds is 5. The van der Waals surface area contributed by atoms with Crippen LogP contribution in [0, 0.1) is 25.7 Å². The highest BCUT2D eigenvalue weighted by Crippen LogP contribution is 2.61. The van der Waals surface area contributed by atoms with Crippen LogP contribution in [0.25, 0.3) is 0 Å². The summed E-state index contributed by atoms with van der Waals surface area (Å²) in [5.74, 6) is -3.16. The van der Waals surface area contributed by atoms with Crippen LogP contribution in [0.4, 0.5) is 11.4 Å². The molecule has 4 aliphatic rings. The lowest BCUT2D eigenvalue weighted by Crippen LogP contribution is -2.41. The molecule has 0 aromatic heterocycles. The first-order valence-electron chi connectivity index (χ1n) is 14.0. The molecule has 42 heavy (non-hydrogen) atoms. The lowest BCUT2D eigenvalue weighted by molar-refractivity contribution is -0.122. The van der Waals surface area contributed by atoms with Gasteiger partial charge in [-0.2, -0.15) is 0 Å². The van der Waals surface area contributed by atoms with Gasteiger partial charge >= 0.3 is 5.97 Å². The van der Waals surface area contributed by atoms with E-state index in [0.29, 0.717) is 11.4 Å². The van der Waals surface area contributed by atoms with Gasteiger partial charge in [0, 0.05) is 17.5 Å². The molecule has 1 heterocycles. The first-order valence-corrected chi connectivity index (χ1v) is 14.0. The summed E-state index contributed by atoms with van der Waals surface area (Å²) in [5.41, 5.74) is 7.50. The average molecular weight is 557 g/mol. The van der Waals surface area contributed by atoms with Gasteiger partial charge in [0.1, 0.15) is 0 Å². The summed E-state index contributed by atoms with van der Waals surface area (Å²) in [7, 11) is 0. The second-order valence-corrected chi connectivity index (χ2v) is 11.3. The number of ether oxygens (including phenoxy) is 1. The van der Waals surface area contributed by atoms with E-state index in [2.05, 4.69) is 29.6 Å². The van der Waals surface area contributed by atoms with Crippen LogP contribution in [-0.4, -0.2) is 30.3 Å². The fraction of sp³-hybridized carbons (Fsp3) is 0.200. The van der Waals surface area contributed by atoms with E-state index in [0.717, 1.165) is 33.4 Å². The Labute approximate surface area is 243 Å². The van der Waals surface area contributed by atoms with E-state index in [1.165, 1.54) is 11.0 Å². The fourth-order valence-corrected chi connectivity index (χ4v) is 7.06. The van der Waals surface area contributed by atoms with E-state index in [1.807, 2.05) is 50.2 Å². The smallest absolute Gasteiger partial charge is 0.338 e. The average Bonchev–Trinajstić information content (AvgIpc) is 3.27. The number of amides is 3. The van der Waals surface area contributed by atoms with Gasteiger partial charge in [0.2, 0.25) is 11.8 Å². The number of carbonyl (C=O) groups is 4. The molecule has 0 radical (unpaired) electrons. The van der Waals surface area contributed by atoms with Crippen molar-refractivity contribution in [1.29, 1.82) is 0 Å². The van der Waals surface area contributed by atoms with E-state index < -0.39 is 30.3 Å². The van der Waals surface area contributed by atoms with Crippen LogP contribution in [0.2, 0.25) is 0 Å². The van der Waals surface area contributed by atoms with Crippen molar-refractivity contribution in [3.63, 3.8) is 0 Å². The standard InChI is InChI=1S/C35H28N2O5/c1-19-14-15-27(20(2)16-19)36-28(38)18-42-35(41)21-8-7-9-22(17-21)37-33(39)31-29-23-10-3-4-11-24(23)30(32(31)34(37)40)26-13-6-5-12-25(26)29/h3-17,29-32H,18H2,1-2H3,(H,36,38)/t29?,30?,31-,32-/m0/s1. The predicted molar refractivity (Wildman–Crippen MR) is 157 cm³/mol. The molecule has 7 nitrogen and oxygen atoms in total. The molecule has 0 unspecified atom stereocenters. The van der Waals surface area contributed by atoms with Crippen LogP contribution in [-0.2, 0) is 19.1 Å². The van der Waals surface area contributed by atoms with Gasteiger partial charge in [-0.05, 0) is 65.9 Å². The molecule has 3 aliphatic carbocycles. The minimum Gasteiger partial charge on any atom is -0.452 e. The van der Waals surface area contributed by atoms with E-state index in [9.17, 15) is 19.2 Å². The molecule has 7 heteroatoms. The third-order valence-electron chi connectivity index (χ3n) is 8.78. The lowest BCUT2D eigenvalue weighted by atomic mass is 9.55. The Balaban J connectivity index is 1.13. The Morgan fingerprint density at radius 2 is 1.31 bits per heavy atom. The molecule has 2 atom stereocenters. The second-order valence-electron chi connectivity index (χ2n) is 11.3. The van der Waals surface area contributed by atoms with E-state index in [-0.39, 0.29) is 29.2 Å². The monoisotopic (exact) mass is 556 g/mol. The highest BCUT2D eigenvalue weighted by Gasteiger charge is 2.61. The minimum absolute atomic E-state index is 0.150. The number of benzene rings is 4. The van der Waals surface area contributed by atoms with Crippen molar-refractivity contribution in [2.24, 2.45) is 11.8 Å². The van der Waals surface area contributed by atoms with Gasteiger partial charge in [0.05, 0.1) is 23.1 Å². The first-order chi connectivity index (χ1) is 20.3. The zero-order valence-electron chi connectivity index (χ0n) is 23.2. The molecular formula is C35H28N2O5. The van der Waals surface area contributed by atoms with E-state index in [4.69, 9.17) is 4.74 Å². The number of esters is 1. The number of anilines is 2. The van der Waals surface area contributed by atoms with Gasteiger partial charge in [0.25, 0.3) is 5.91 Å². The zero-order chi connectivity index (χ0) is 29.1. The third-order valence-corrected chi connectivity index (χ3v) is 8.78. The highest BCUT2D eigenvalue weighted by atomic mass is 16.5. The van der Waals surface area contributed by atoms with Crippen molar-refractivity contribution in [3.05, 3.63) is 130 Å². The van der Waals surface area contributed by atoms with Crippen LogP contribution in [0.3, 0.4) is 0 Å². The SMILES string of the molecule is Cc1ccc(NC(=O)COC(=O)c2cccc(N3C(=O)[C@H]4C5c6ccccc6C(c6ccccc65)[C@@H]4C3=O)c2)c(C)c1. The van der Waals surface area contributed by atoms with E-state index in [1.54, 1.807) is 24.3 Å². The van der Waals surface area contributed by atoms with E-state index >= 15 is 0 Å². The van der Waals surface area contributed by atoms with Crippen molar-refractivity contribution in [2.45, 2.75) is 25.7 Å². The number of nitrogens with one attached hydrogen (secondary N) is 1. The van der Waals surface area contributed by atoms with Crippen molar-refractivity contribution >= 4 is 35.1 Å². The number of nitrogens with zero attached hydrogens (tertiary/aromatic N) is 1. The van der Waals surface area contributed by atoms with Gasteiger partial charge < -0.3 is 10.1 Å². The number of hydrogen-bond acceptors (Lipinski definition) is 5. The van der Waals surface area contributed by atoms with Crippen molar-refractivity contribution in [1.82, 2.24) is 0 Å². The lowest BCUT2D eigenvalue weighted by Gasteiger charge is -2.45. The summed E-state index contributed by atoms with van der Waals surface area (Å²) < 4.78 is 5.28. The molecule has 1 saturated heterocycles. The molecule has 4 aromatic rings. The molecule has 0 saturated carbocycles. The Morgan fingerprint density at radius 1 is 0.738 bits per heavy atom. The van der Waals surface area contributed by atoms with Crippen LogP contribution in [0.15, 0.2) is 91.0 Å². The molecule has 3 amide bonds. The number of carbonyl (C=O) groups excluding carboxylic acids is 4. The predicted octanol–water partition coefficient (Wildman–Crippen LogP) is 5.50. The Bertz CT molecular complexity index is 1700. The summed E-state index contributed by atoms with van der Waals surface area (Å²) in [4.78, 5) is 54.6. The Morgan fingerprint density at radius 3 is 1.86 bits per heavy atom. The van der Waals surface area contributed by atoms with Crippen molar-refractivity contribution in [3.8, 4) is 0 Å². The first kappa shape index (κ1) is 25.9. The summed E-state index contributed by atoms with van der Waals surface area (Å²) in [6.45, 7) is 3.38. The Hall–Kier alpha value is -5.04. The third kappa shape index (κ3) is 3.96. The van der Waals surface area contributed by atoms with Gasteiger partial charge in [-0.3, -0.25) is 14.4 Å². The Kier molecular flexibility index (Phi) is 6.04. The fourth-order valence-electron chi connectivity index (χ4n) is 7.06. The van der Waals surface area contributed by atoms with Crippen molar-refractivity contribution in [2.75, 3.05) is 16.8 Å². The second kappa shape index (κ2) is 9.80. The zero-order valence-corrected chi connectivity index (χ0v) is 23.2. The molecule has 1 fully saturated rings. The summed E-state index contributed by atoms with van der Waals surface area (Å²) in [6.07, 6.45) is 0. The maximum atomic E-state index is 14.0. The molecule has 0 spiro atoms. The minimum atomic E-state index is -0.719. The van der Waals surface area contributed by atoms with Crippen LogP contribution in [0.1, 0.15) is 55.6 Å². The molecule has 8 rings (SSSR count). The number of imide groups is 1. The van der Waals surface area contributed by atoms with Gasteiger partial charge in [0.15, 0.2) is 6.61 Å². The van der Waals surface area contributed by atoms with Crippen molar-refractivity contribution < 1.29 is 23.9 Å². The summed E-state index contributed by atoms with van der Waals surface area (Å²) in [6, 6.07) is 28.1. The van der Waals surface area contributed by atoms with Gasteiger partial charge in [-0.25, -0.2) is 9.69 Å². The molecule has 2 bridgehead atoms. The molecule has 1 N–H and O–H groups in total. The largest absolute Gasteiger partial charge is 0.452 e. The summed E-state index contributed by atoms with van der Waals surface area (Å²) >= 11 is 0. The quantitative estimate of drug-likeness (QED) is 0.259. The molecular weight excluding hydrogens is 528 g/mol. The van der Waals surface area contributed by atoms with Gasteiger partial charge in [-0.15, -0.1) is 0 Å². The summed E-state index contributed by atoms with van der Waals surface area (Å²) in [5, 5.41) is 2.76. The topological polar surface area (TPSA) is 92.8 Å². The van der Waals surface area contributed by atoms with Crippen LogP contribution in [0.5, 0.6) is 0 Å². The molecule has 208 valence electrons. The van der Waals surface area contributed by atoms with Gasteiger partial charge in [-0.1, -0.05) is 72.3 Å². The molecule has 1 aliphatic heterocycles. The van der Waals surface area contributed by atoms with Crippen LogP contribution < -0.4 is 10.2 Å². The molecule has 4 aromatic carbocycles. The maximum Gasteiger partial charge on any atom is 0.338 e. The number of hydrogen-bond donors (Lipinski definition) is 1. The number of aryl methyl sites for hydroxylation is 2. The maximum absolute atomic E-state index is 14.0. The van der Waals surface area contributed by atoms with Crippen LogP contribution >= 0.6 is 0 Å². The highest BCUT2D eigenvalue weighted by molar-refractivity contribution is 6.23. The normalized spacial score (nSPS) is 21.4.